The van der Waals surface area contributed by atoms with Gasteiger partial charge in [0, 0.05) is 36.7 Å². The summed E-state index contributed by atoms with van der Waals surface area (Å²) in [4.78, 5) is 50.3. The quantitative estimate of drug-likeness (QED) is 0.167. The minimum absolute atomic E-state index is 0.155. The summed E-state index contributed by atoms with van der Waals surface area (Å²) in [6, 6.07) is 20.9. The highest BCUT2D eigenvalue weighted by atomic mass is 19.1. The summed E-state index contributed by atoms with van der Waals surface area (Å²) in [5, 5.41) is 6.88. The SMILES string of the molecule is Cc1cnc2c(c1)c(=O)n(C1CCC(NC(=O)c3cn4cc(F)ccc4n3)CC1)c(=O)n2-c1cccc(-c2ccc(CCCNC(C)C)cc2)c1. The zero-order valence-electron chi connectivity index (χ0n) is 29.1. The lowest BCUT2D eigenvalue weighted by molar-refractivity contribution is 0.0917. The number of nitrogens with one attached hydrogen (secondary N) is 2. The molecule has 0 radical (unpaired) electrons. The van der Waals surface area contributed by atoms with Gasteiger partial charge in [-0.25, -0.2) is 23.7 Å². The molecule has 1 aliphatic rings. The van der Waals surface area contributed by atoms with E-state index < -0.39 is 11.5 Å². The van der Waals surface area contributed by atoms with Crippen molar-refractivity contribution in [3.05, 3.63) is 129 Å². The van der Waals surface area contributed by atoms with Crippen LogP contribution in [0.3, 0.4) is 0 Å². The minimum atomic E-state index is -0.434. The first-order chi connectivity index (χ1) is 24.6. The maximum Gasteiger partial charge on any atom is 0.337 e. The summed E-state index contributed by atoms with van der Waals surface area (Å²) in [5.74, 6) is -0.763. The predicted octanol–water partition coefficient (Wildman–Crippen LogP) is 6.15. The lowest BCUT2D eigenvalue weighted by Crippen LogP contribution is -2.45. The average molecular weight is 688 g/mol. The van der Waals surface area contributed by atoms with Gasteiger partial charge < -0.3 is 15.0 Å². The van der Waals surface area contributed by atoms with Crippen molar-refractivity contribution in [1.82, 2.24) is 34.1 Å². The number of benzene rings is 2. The van der Waals surface area contributed by atoms with Crippen molar-refractivity contribution >= 4 is 22.6 Å². The number of rotatable bonds is 10. The Labute approximate surface area is 295 Å². The van der Waals surface area contributed by atoms with Crippen molar-refractivity contribution in [3.8, 4) is 16.8 Å². The van der Waals surface area contributed by atoms with Crippen LogP contribution in [0.2, 0.25) is 0 Å². The lowest BCUT2D eigenvalue weighted by Gasteiger charge is -2.30. The van der Waals surface area contributed by atoms with Gasteiger partial charge in [0.25, 0.3) is 11.5 Å². The van der Waals surface area contributed by atoms with Gasteiger partial charge in [-0.05, 0) is 105 Å². The van der Waals surface area contributed by atoms with E-state index in [-0.39, 0.29) is 29.2 Å². The third-order valence-electron chi connectivity index (χ3n) is 9.69. The fraction of sp³-hybridized carbons (Fsp3) is 0.325. The van der Waals surface area contributed by atoms with E-state index >= 15 is 0 Å². The molecular formula is C40H42FN7O3. The Hall–Kier alpha value is -5.42. The summed E-state index contributed by atoms with van der Waals surface area (Å²) in [7, 11) is 0. The Balaban J connectivity index is 1.13. The van der Waals surface area contributed by atoms with E-state index in [0.29, 0.717) is 54.1 Å². The second-order valence-corrected chi connectivity index (χ2v) is 13.9. The Bertz CT molecular complexity index is 2330. The molecule has 11 heteroatoms. The van der Waals surface area contributed by atoms with Crippen LogP contribution in [0.4, 0.5) is 4.39 Å². The summed E-state index contributed by atoms with van der Waals surface area (Å²) < 4.78 is 18.1. The number of fused-ring (bicyclic) bond motifs is 2. The molecule has 7 rings (SSSR count). The zero-order valence-corrected chi connectivity index (χ0v) is 29.1. The van der Waals surface area contributed by atoms with Crippen LogP contribution in [0.1, 0.15) is 73.6 Å². The Morgan fingerprint density at radius 2 is 1.75 bits per heavy atom. The van der Waals surface area contributed by atoms with E-state index in [1.54, 1.807) is 16.8 Å². The monoisotopic (exact) mass is 687 g/mol. The number of aryl methyl sites for hydroxylation is 2. The van der Waals surface area contributed by atoms with Crippen molar-refractivity contribution in [3.63, 3.8) is 0 Å². The van der Waals surface area contributed by atoms with Crippen LogP contribution >= 0.6 is 0 Å². The van der Waals surface area contributed by atoms with Gasteiger partial charge in [0.1, 0.15) is 17.2 Å². The molecule has 1 amide bonds. The highest BCUT2D eigenvalue weighted by molar-refractivity contribution is 5.93. The summed E-state index contributed by atoms with van der Waals surface area (Å²) in [5.41, 5.74) is 4.93. The molecule has 4 aromatic heterocycles. The number of pyridine rings is 2. The Morgan fingerprint density at radius 3 is 2.51 bits per heavy atom. The summed E-state index contributed by atoms with van der Waals surface area (Å²) in [6.07, 6.45) is 8.72. The fourth-order valence-corrected chi connectivity index (χ4v) is 7.05. The second kappa shape index (κ2) is 14.4. The molecule has 0 spiro atoms. The molecule has 2 N–H and O–H groups in total. The van der Waals surface area contributed by atoms with Gasteiger partial charge in [-0.2, -0.15) is 0 Å². The van der Waals surface area contributed by atoms with Gasteiger partial charge in [-0.15, -0.1) is 0 Å². The maximum atomic E-state index is 14.4. The highest BCUT2D eigenvalue weighted by Gasteiger charge is 2.28. The first kappa shape index (κ1) is 34.0. The molecular weight excluding hydrogens is 645 g/mol. The number of halogens is 1. The standard InChI is InChI=1S/C40H42FN7O3/c1-25(2)42-19-5-6-27-9-11-28(12-10-27)29-7-4-8-33(21-29)47-37-34(20-26(3)22-43-37)39(50)48(40(47)51)32-16-14-31(15-17-32)44-38(49)35-24-46-23-30(41)13-18-36(46)45-35/h4,7-13,18,20-25,31-32,42H,5-6,14-17,19H2,1-3H3,(H,44,49). The van der Waals surface area contributed by atoms with E-state index in [1.807, 2.05) is 31.2 Å². The van der Waals surface area contributed by atoms with Gasteiger partial charge in [-0.3, -0.25) is 14.2 Å². The molecule has 1 saturated carbocycles. The normalized spacial score (nSPS) is 16.3. The zero-order chi connectivity index (χ0) is 35.6. The molecule has 0 aliphatic heterocycles. The van der Waals surface area contributed by atoms with E-state index in [2.05, 4.69) is 58.7 Å². The molecule has 1 fully saturated rings. The van der Waals surface area contributed by atoms with E-state index in [9.17, 15) is 18.8 Å². The smallest absolute Gasteiger partial charge is 0.337 e. The lowest BCUT2D eigenvalue weighted by atomic mass is 9.90. The largest absolute Gasteiger partial charge is 0.348 e. The Morgan fingerprint density at radius 1 is 0.961 bits per heavy atom. The van der Waals surface area contributed by atoms with Gasteiger partial charge >= 0.3 is 5.69 Å². The van der Waals surface area contributed by atoms with Crippen molar-refractivity contribution in [2.75, 3.05) is 6.54 Å². The van der Waals surface area contributed by atoms with E-state index in [4.69, 9.17) is 0 Å². The van der Waals surface area contributed by atoms with Gasteiger partial charge in [0.2, 0.25) is 0 Å². The number of hydrogen-bond donors (Lipinski definition) is 2. The topological polar surface area (TPSA) is 115 Å². The van der Waals surface area contributed by atoms with Crippen molar-refractivity contribution in [2.24, 2.45) is 0 Å². The van der Waals surface area contributed by atoms with Crippen LogP contribution in [0, 0.1) is 12.7 Å². The van der Waals surface area contributed by atoms with Crippen LogP contribution < -0.4 is 21.9 Å². The van der Waals surface area contributed by atoms with E-state index in [1.165, 1.54) is 39.1 Å². The molecule has 262 valence electrons. The minimum Gasteiger partial charge on any atom is -0.348 e. The summed E-state index contributed by atoms with van der Waals surface area (Å²) in [6.45, 7) is 7.16. The predicted molar refractivity (Wildman–Crippen MR) is 197 cm³/mol. The molecule has 51 heavy (non-hydrogen) atoms. The van der Waals surface area contributed by atoms with Crippen molar-refractivity contribution < 1.29 is 9.18 Å². The molecule has 10 nitrogen and oxygen atoms in total. The first-order valence-corrected chi connectivity index (χ1v) is 17.7. The van der Waals surface area contributed by atoms with Gasteiger partial charge in [0.15, 0.2) is 5.65 Å². The van der Waals surface area contributed by atoms with Gasteiger partial charge in [0.05, 0.1) is 11.1 Å². The van der Waals surface area contributed by atoms with Crippen LogP contribution in [0.25, 0.3) is 33.5 Å². The molecule has 0 unspecified atom stereocenters. The number of carbonyl (C=O) groups is 1. The van der Waals surface area contributed by atoms with Crippen LogP contribution in [0.5, 0.6) is 0 Å². The molecule has 4 heterocycles. The molecule has 2 aromatic carbocycles. The number of nitrogens with zero attached hydrogens (tertiary/aromatic N) is 5. The number of hydrogen-bond acceptors (Lipinski definition) is 6. The van der Waals surface area contributed by atoms with Crippen LogP contribution in [-0.2, 0) is 6.42 Å². The molecule has 1 aliphatic carbocycles. The van der Waals surface area contributed by atoms with Gasteiger partial charge in [-0.1, -0.05) is 50.2 Å². The van der Waals surface area contributed by atoms with Crippen molar-refractivity contribution in [1.29, 1.82) is 0 Å². The number of carbonyl (C=O) groups excluding carboxylic acids is 1. The molecule has 6 aromatic rings. The number of imidazole rings is 1. The van der Waals surface area contributed by atoms with Crippen LogP contribution in [0.15, 0.2) is 94.9 Å². The summed E-state index contributed by atoms with van der Waals surface area (Å²) >= 11 is 0. The molecule has 0 saturated heterocycles. The third kappa shape index (κ3) is 7.25. The Kier molecular flexibility index (Phi) is 9.64. The third-order valence-corrected chi connectivity index (χ3v) is 9.69. The number of amides is 1. The fourth-order valence-electron chi connectivity index (χ4n) is 7.05. The van der Waals surface area contributed by atoms with Crippen molar-refractivity contribution in [2.45, 2.75) is 77.4 Å². The second-order valence-electron chi connectivity index (χ2n) is 13.9. The van der Waals surface area contributed by atoms with Crippen LogP contribution in [-0.4, -0.2) is 48.0 Å². The first-order valence-electron chi connectivity index (χ1n) is 17.7. The highest BCUT2D eigenvalue weighted by Crippen LogP contribution is 2.29. The molecule has 0 atom stereocenters. The maximum absolute atomic E-state index is 14.4. The number of aromatic nitrogens is 5. The van der Waals surface area contributed by atoms with E-state index in [0.717, 1.165) is 36.1 Å². The molecule has 0 bridgehead atoms. The average Bonchev–Trinajstić information content (AvgIpc) is 3.55.